The molecule has 1 amide bonds. The second-order valence-corrected chi connectivity index (χ2v) is 10.2. The molecule has 4 rings (SSSR count). The summed E-state index contributed by atoms with van der Waals surface area (Å²) < 4.78 is 5.37. The molecule has 1 aliphatic heterocycles. The summed E-state index contributed by atoms with van der Waals surface area (Å²) in [6.45, 7) is 9.36. The van der Waals surface area contributed by atoms with E-state index in [1.165, 1.54) is 30.4 Å². The van der Waals surface area contributed by atoms with Crippen LogP contribution in [0, 0.1) is 0 Å². The lowest BCUT2D eigenvalue weighted by Crippen LogP contribution is -2.40. The van der Waals surface area contributed by atoms with Gasteiger partial charge in [-0.05, 0) is 53.9 Å². The number of amides is 1. The third-order valence-corrected chi connectivity index (χ3v) is 6.84. The number of nitrogens with one attached hydrogen (secondary N) is 1. The van der Waals surface area contributed by atoms with Gasteiger partial charge >= 0.3 is 0 Å². The monoisotopic (exact) mass is 437 g/mol. The van der Waals surface area contributed by atoms with Gasteiger partial charge in [0.2, 0.25) is 0 Å². The number of thiophene rings is 1. The van der Waals surface area contributed by atoms with Gasteiger partial charge in [0.15, 0.2) is 11.5 Å². The standard InChI is InChI=1S/C25H31N3O2S/c1-25(2,3)19-11-9-18(10-12-19)21(28-13-5-4-6-14-28)17-26-24(29)20-16-22(30-27-20)23-8-7-15-31-23/h7-12,15-16,21H,4-6,13-14,17H2,1-3H3,(H,26,29)/t21-/m1/s1. The maximum atomic E-state index is 12.8. The predicted octanol–water partition coefficient (Wildman–Crippen LogP) is 5.66. The van der Waals surface area contributed by atoms with Crippen molar-refractivity contribution in [3.63, 3.8) is 0 Å². The molecule has 1 fully saturated rings. The van der Waals surface area contributed by atoms with Crippen LogP contribution in [-0.4, -0.2) is 35.6 Å². The highest BCUT2D eigenvalue weighted by molar-refractivity contribution is 7.13. The average Bonchev–Trinajstić information content (AvgIpc) is 3.46. The zero-order chi connectivity index (χ0) is 21.8. The number of carbonyl (C=O) groups is 1. The maximum absolute atomic E-state index is 12.8. The third-order valence-electron chi connectivity index (χ3n) is 5.96. The summed E-state index contributed by atoms with van der Waals surface area (Å²) in [6, 6.07) is 14.7. The van der Waals surface area contributed by atoms with Crippen molar-refractivity contribution in [2.75, 3.05) is 19.6 Å². The van der Waals surface area contributed by atoms with E-state index in [0.717, 1.165) is 18.0 Å². The van der Waals surface area contributed by atoms with Crippen LogP contribution in [0.5, 0.6) is 0 Å². The Balaban J connectivity index is 1.48. The summed E-state index contributed by atoms with van der Waals surface area (Å²) in [5, 5.41) is 9.06. The van der Waals surface area contributed by atoms with E-state index in [4.69, 9.17) is 4.52 Å². The van der Waals surface area contributed by atoms with Crippen molar-refractivity contribution in [3.05, 3.63) is 64.7 Å². The van der Waals surface area contributed by atoms with Gasteiger partial charge in [0.05, 0.1) is 10.9 Å². The van der Waals surface area contributed by atoms with Gasteiger partial charge in [-0.15, -0.1) is 11.3 Å². The summed E-state index contributed by atoms with van der Waals surface area (Å²) >= 11 is 1.57. The highest BCUT2D eigenvalue weighted by atomic mass is 32.1. The lowest BCUT2D eigenvalue weighted by molar-refractivity contribution is 0.0915. The highest BCUT2D eigenvalue weighted by Gasteiger charge is 2.24. The molecule has 1 N–H and O–H groups in total. The van der Waals surface area contributed by atoms with Crippen molar-refractivity contribution in [2.24, 2.45) is 0 Å². The first-order valence-electron chi connectivity index (χ1n) is 11.0. The Hall–Kier alpha value is -2.44. The van der Waals surface area contributed by atoms with E-state index in [-0.39, 0.29) is 17.4 Å². The van der Waals surface area contributed by atoms with Gasteiger partial charge in [-0.25, -0.2) is 0 Å². The van der Waals surface area contributed by atoms with Gasteiger partial charge in [-0.3, -0.25) is 9.69 Å². The van der Waals surface area contributed by atoms with Crippen molar-refractivity contribution in [1.82, 2.24) is 15.4 Å². The van der Waals surface area contributed by atoms with Crippen LogP contribution in [0.3, 0.4) is 0 Å². The lowest BCUT2D eigenvalue weighted by atomic mass is 9.86. The summed E-state index contributed by atoms with van der Waals surface area (Å²) in [7, 11) is 0. The third kappa shape index (κ3) is 5.25. The van der Waals surface area contributed by atoms with E-state index in [1.54, 1.807) is 17.4 Å². The number of likely N-dealkylation sites (tertiary alicyclic amines) is 1. The van der Waals surface area contributed by atoms with Crippen molar-refractivity contribution in [1.29, 1.82) is 0 Å². The van der Waals surface area contributed by atoms with Crippen molar-refractivity contribution < 1.29 is 9.32 Å². The first-order chi connectivity index (χ1) is 14.9. The van der Waals surface area contributed by atoms with Crippen LogP contribution in [0.2, 0.25) is 0 Å². The van der Waals surface area contributed by atoms with Crippen molar-refractivity contribution >= 4 is 17.2 Å². The topological polar surface area (TPSA) is 58.4 Å². The van der Waals surface area contributed by atoms with E-state index >= 15 is 0 Å². The predicted molar refractivity (Wildman–Crippen MR) is 125 cm³/mol. The second-order valence-electron chi connectivity index (χ2n) is 9.25. The fraction of sp³-hybridized carbons (Fsp3) is 0.440. The summed E-state index contributed by atoms with van der Waals surface area (Å²) in [5.41, 5.74) is 3.01. The van der Waals surface area contributed by atoms with Crippen LogP contribution < -0.4 is 5.32 Å². The minimum Gasteiger partial charge on any atom is -0.355 e. The molecular weight excluding hydrogens is 406 g/mol. The zero-order valence-electron chi connectivity index (χ0n) is 18.6. The van der Waals surface area contributed by atoms with Crippen LogP contribution in [0.15, 0.2) is 52.4 Å². The van der Waals surface area contributed by atoms with Gasteiger partial charge in [-0.2, -0.15) is 0 Å². The number of carbonyl (C=O) groups excluding carboxylic acids is 1. The number of hydrogen-bond acceptors (Lipinski definition) is 5. The molecule has 0 aliphatic carbocycles. The average molecular weight is 438 g/mol. The molecular formula is C25H31N3O2S. The molecule has 3 aromatic rings. The Morgan fingerprint density at radius 2 is 1.90 bits per heavy atom. The molecule has 0 unspecified atom stereocenters. The van der Waals surface area contributed by atoms with Crippen LogP contribution in [0.25, 0.3) is 10.6 Å². The van der Waals surface area contributed by atoms with Gasteiger partial charge < -0.3 is 9.84 Å². The Morgan fingerprint density at radius 1 is 1.16 bits per heavy atom. The fourth-order valence-electron chi connectivity index (χ4n) is 4.09. The number of rotatable bonds is 6. The SMILES string of the molecule is CC(C)(C)c1ccc([C@@H](CNC(=O)c2cc(-c3cccs3)on2)N2CCCCC2)cc1. The van der Waals surface area contributed by atoms with Gasteiger partial charge in [0.25, 0.3) is 5.91 Å². The normalized spacial score (nSPS) is 16.2. The molecule has 31 heavy (non-hydrogen) atoms. The van der Waals surface area contributed by atoms with E-state index in [1.807, 2.05) is 17.5 Å². The molecule has 1 atom stereocenters. The molecule has 5 nitrogen and oxygen atoms in total. The first kappa shape index (κ1) is 21.8. The fourth-order valence-corrected chi connectivity index (χ4v) is 4.76. The van der Waals surface area contributed by atoms with E-state index in [9.17, 15) is 4.79 Å². The number of piperidine rings is 1. The molecule has 0 radical (unpaired) electrons. The molecule has 164 valence electrons. The molecule has 2 aromatic heterocycles. The molecule has 6 heteroatoms. The van der Waals surface area contributed by atoms with Crippen LogP contribution in [-0.2, 0) is 5.41 Å². The molecule has 0 spiro atoms. The molecule has 1 saturated heterocycles. The quantitative estimate of drug-likeness (QED) is 0.541. The largest absolute Gasteiger partial charge is 0.355 e. The van der Waals surface area contributed by atoms with E-state index in [0.29, 0.717) is 18.0 Å². The van der Waals surface area contributed by atoms with Crippen LogP contribution in [0.1, 0.15) is 67.7 Å². The Kier molecular flexibility index (Phi) is 6.58. The van der Waals surface area contributed by atoms with Crippen LogP contribution in [0.4, 0.5) is 0 Å². The second kappa shape index (κ2) is 9.37. The van der Waals surface area contributed by atoms with Gasteiger partial charge in [0.1, 0.15) is 0 Å². The Morgan fingerprint density at radius 3 is 2.55 bits per heavy atom. The van der Waals surface area contributed by atoms with Crippen molar-refractivity contribution in [3.8, 4) is 10.6 Å². The summed E-state index contributed by atoms with van der Waals surface area (Å²) in [4.78, 5) is 16.2. The number of benzene rings is 1. The smallest absolute Gasteiger partial charge is 0.273 e. The summed E-state index contributed by atoms with van der Waals surface area (Å²) in [5.74, 6) is 0.436. The number of aromatic nitrogens is 1. The molecule has 1 aliphatic rings. The van der Waals surface area contributed by atoms with Gasteiger partial charge in [0, 0.05) is 12.6 Å². The molecule has 3 heterocycles. The Bertz CT molecular complexity index is 981. The molecule has 1 aromatic carbocycles. The molecule has 0 saturated carbocycles. The minimum atomic E-state index is -0.195. The van der Waals surface area contributed by atoms with E-state index < -0.39 is 0 Å². The first-order valence-corrected chi connectivity index (χ1v) is 11.9. The van der Waals surface area contributed by atoms with E-state index in [2.05, 4.69) is 60.4 Å². The number of nitrogens with zero attached hydrogens (tertiary/aromatic N) is 2. The molecule has 0 bridgehead atoms. The van der Waals surface area contributed by atoms with Crippen LogP contribution >= 0.6 is 11.3 Å². The zero-order valence-corrected chi connectivity index (χ0v) is 19.4. The van der Waals surface area contributed by atoms with Gasteiger partial charge in [-0.1, -0.05) is 62.7 Å². The Labute approximate surface area is 188 Å². The van der Waals surface area contributed by atoms with Crippen molar-refractivity contribution in [2.45, 2.75) is 51.5 Å². The maximum Gasteiger partial charge on any atom is 0.273 e. The number of hydrogen-bond donors (Lipinski definition) is 1. The minimum absolute atomic E-state index is 0.126. The summed E-state index contributed by atoms with van der Waals surface area (Å²) in [6.07, 6.45) is 3.69. The lowest BCUT2D eigenvalue weighted by Gasteiger charge is -2.35. The highest BCUT2D eigenvalue weighted by Crippen LogP contribution is 2.28.